The number of aliphatic hydroxyl groups is 10. The van der Waals surface area contributed by atoms with Crippen molar-refractivity contribution in [2.75, 3.05) is 165 Å². The zero-order valence-electron chi connectivity index (χ0n) is 57.2. The molecular weight excluding hydrogens is 1330 g/mol. The van der Waals surface area contributed by atoms with Crippen molar-refractivity contribution in [3.63, 3.8) is 0 Å². The Hall–Kier alpha value is -5.95. The van der Waals surface area contributed by atoms with Crippen LogP contribution < -0.4 is 26.6 Å². The van der Waals surface area contributed by atoms with Crippen LogP contribution in [0.3, 0.4) is 0 Å². The SMILES string of the molecule is COC(=O)CCNC(=O)OC[C@H](CC(=O)CNC(=O)CCC(=O)CNC(=O)CCC(=O)OC(C)(C)C)C(=O)CCCOCCOCCOCCOCCOCCOCCOCCOCCC(=O)C[C@@H](CCC(=O)NC[C@H](O)[C@@H](O)[C@H](O)[C@H](O)CO)C(=O)NC[C@H](O)[C@@H](O)[C@H](O)[C@H](O)CO. The van der Waals surface area contributed by atoms with E-state index in [2.05, 4.69) is 31.3 Å². The molecule has 15 N–H and O–H groups in total. The van der Waals surface area contributed by atoms with Crippen molar-refractivity contribution >= 4 is 64.8 Å². The maximum Gasteiger partial charge on any atom is 0.407 e. The highest BCUT2D eigenvalue weighted by atomic mass is 16.6. The number of nitrogens with one attached hydrogen (secondary N) is 5. The van der Waals surface area contributed by atoms with Crippen LogP contribution in [0.4, 0.5) is 4.79 Å². The first-order chi connectivity index (χ1) is 47.0. The summed E-state index contributed by atoms with van der Waals surface area (Å²) < 4.78 is 58.7. The summed E-state index contributed by atoms with van der Waals surface area (Å²) >= 11 is 0. The third-order valence-electron chi connectivity index (χ3n) is 13.8. The number of hydrogen-bond acceptors (Lipinski definition) is 32. The average Bonchev–Trinajstić information content (AvgIpc) is 1.16. The first kappa shape index (κ1) is 93.0. The minimum Gasteiger partial charge on any atom is -0.469 e. The smallest absolute Gasteiger partial charge is 0.407 e. The number of methoxy groups -OCH3 is 1. The fourth-order valence-corrected chi connectivity index (χ4v) is 8.14. The number of rotatable bonds is 64. The third-order valence-corrected chi connectivity index (χ3v) is 13.8. The van der Waals surface area contributed by atoms with Crippen LogP contribution in [0.15, 0.2) is 0 Å². The summed E-state index contributed by atoms with van der Waals surface area (Å²) in [5.41, 5.74) is -0.710. The van der Waals surface area contributed by atoms with Gasteiger partial charge in [-0.2, -0.15) is 0 Å². The first-order valence-corrected chi connectivity index (χ1v) is 32.7. The maximum atomic E-state index is 13.2. The lowest BCUT2D eigenvalue weighted by Crippen LogP contribution is -2.50. The fraction of sp³-hybridized carbons (Fsp3) is 0.823. The predicted molar refractivity (Wildman–Crippen MR) is 340 cm³/mol. The van der Waals surface area contributed by atoms with Gasteiger partial charge in [0.05, 0.1) is 163 Å². The van der Waals surface area contributed by atoms with Crippen LogP contribution in [-0.4, -0.2) is 336 Å². The summed E-state index contributed by atoms with van der Waals surface area (Å²) in [5, 5.41) is 109. The zero-order chi connectivity index (χ0) is 74.4. The van der Waals surface area contributed by atoms with Crippen molar-refractivity contribution in [1.82, 2.24) is 26.6 Å². The third kappa shape index (κ3) is 50.9. The van der Waals surface area contributed by atoms with Gasteiger partial charge in [0.1, 0.15) is 60.4 Å². The van der Waals surface area contributed by atoms with Crippen LogP contribution in [0.2, 0.25) is 0 Å². The molecule has 0 aromatic rings. The van der Waals surface area contributed by atoms with E-state index in [1.54, 1.807) is 20.8 Å². The molecule has 0 aliphatic heterocycles. The van der Waals surface area contributed by atoms with E-state index in [-0.39, 0.29) is 143 Å². The Morgan fingerprint density at radius 1 is 0.394 bits per heavy atom. The molecular formula is C62H109N5O32. The number of aliphatic hydroxyl groups excluding tert-OH is 10. The summed E-state index contributed by atoms with van der Waals surface area (Å²) in [6.07, 6.45) is -18.2. The van der Waals surface area contributed by atoms with Gasteiger partial charge in [-0.1, -0.05) is 0 Å². The molecule has 99 heavy (non-hydrogen) atoms. The number of alkyl carbamates (subject to hydrolysis) is 1. The monoisotopic (exact) mass is 1440 g/mol. The molecule has 0 rings (SSSR count). The summed E-state index contributed by atoms with van der Waals surface area (Å²) in [7, 11) is 1.19. The number of hydrogen-bond donors (Lipinski definition) is 15. The average molecular weight is 1440 g/mol. The van der Waals surface area contributed by atoms with Gasteiger partial charge < -0.3 is 130 Å². The molecule has 0 heterocycles. The number of ketones is 4. The van der Waals surface area contributed by atoms with E-state index in [9.17, 15) is 93.6 Å². The molecule has 0 bridgehead atoms. The Morgan fingerprint density at radius 2 is 0.808 bits per heavy atom. The van der Waals surface area contributed by atoms with E-state index in [0.29, 0.717) is 46.2 Å². The van der Waals surface area contributed by atoms with Gasteiger partial charge in [0.25, 0.3) is 0 Å². The molecule has 0 aliphatic rings. The van der Waals surface area contributed by atoms with Crippen molar-refractivity contribution in [2.45, 2.75) is 152 Å². The number of carbonyl (C=O) groups excluding carboxylic acids is 11. The normalized spacial score (nSPS) is 14.6. The highest BCUT2D eigenvalue weighted by molar-refractivity contribution is 5.93. The molecule has 37 heteroatoms. The van der Waals surface area contributed by atoms with Gasteiger partial charge in [0, 0.05) is 83.5 Å². The second kappa shape index (κ2) is 57.7. The molecule has 5 amide bonds. The molecule has 37 nitrogen and oxygen atoms in total. The van der Waals surface area contributed by atoms with E-state index in [4.69, 9.17) is 57.6 Å². The molecule has 0 radical (unpaired) electrons. The molecule has 0 spiro atoms. The number of esters is 2. The fourth-order valence-electron chi connectivity index (χ4n) is 8.14. The van der Waals surface area contributed by atoms with Crippen molar-refractivity contribution in [3.05, 3.63) is 0 Å². The molecule has 0 unspecified atom stereocenters. The Kier molecular flexibility index (Phi) is 54.2. The van der Waals surface area contributed by atoms with Crippen molar-refractivity contribution in [1.29, 1.82) is 0 Å². The van der Waals surface area contributed by atoms with Crippen molar-refractivity contribution in [3.8, 4) is 0 Å². The minimum absolute atomic E-state index is 0.0341. The minimum atomic E-state index is -1.98. The lowest BCUT2D eigenvalue weighted by atomic mass is 9.94. The van der Waals surface area contributed by atoms with Gasteiger partial charge >= 0.3 is 18.0 Å². The first-order valence-electron chi connectivity index (χ1n) is 32.7. The quantitative estimate of drug-likeness (QED) is 0.0153. The summed E-state index contributed by atoms with van der Waals surface area (Å²) in [6.45, 7) is 4.32. The molecule has 0 aromatic heterocycles. The van der Waals surface area contributed by atoms with Gasteiger partial charge in [-0.3, -0.25) is 47.9 Å². The Balaban J connectivity index is 4.38. The summed E-state index contributed by atoms with van der Waals surface area (Å²) in [6, 6.07) is 0. The lowest BCUT2D eigenvalue weighted by Gasteiger charge is -2.26. The van der Waals surface area contributed by atoms with Crippen LogP contribution in [0.25, 0.3) is 0 Å². The van der Waals surface area contributed by atoms with E-state index < -0.39 is 177 Å². The van der Waals surface area contributed by atoms with Gasteiger partial charge in [0.15, 0.2) is 11.6 Å². The Labute approximate surface area is 575 Å². The number of Topliss-reactive ketones (excluding diaryl/α,β-unsaturated/α-hetero) is 4. The van der Waals surface area contributed by atoms with E-state index in [1.165, 1.54) is 7.11 Å². The van der Waals surface area contributed by atoms with Crippen LogP contribution in [0, 0.1) is 11.8 Å². The number of carbonyl (C=O) groups is 11. The molecule has 0 saturated carbocycles. The van der Waals surface area contributed by atoms with Gasteiger partial charge in [-0.15, -0.1) is 0 Å². The lowest BCUT2D eigenvalue weighted by molar-refractivity contribution is -0.155. The second-order valence-electron chi connectivity index (χ2n) is 23.3. The molecule has 0 aromatic carbocycles. The standard InChI is InChI=1S/C62H109N5O32/c1-62(2,3)99-55(82)12-11-53(80)64-34-44(71)8-10-52(79)65-35-45(72)33-42(40-98-61(88)63-15-13-54(81)89-4)46(73)6-5-16-90-18-20-92-22-24-94-26-28-96-30-31-97-29-27-95-25-23-93-21-19-91-17-14-43(70)32-41(60(87)67-37-48(75)57(84)59(86)50(77)39-69)7-9-51(78)66-36-47(74)56(83)58(85)49(76)38-68/h41-42,47-50,56-59,68-69,74-77,83-86H,5-40H2,1-4H3,(H,63,88)(H,64,80)(H,65,79)(H,66,78)(H,67,87)/t41-,42+,47+,48+,49-,50-,56-,57-,58-,59-/m1/s1. The van der Waals surface area contributed by atoms with Crippen molar-refractivity contribution in [2.24, 2.45) is 11.8 Å². The van der Waals surface area contributed by atoms with Crippen LogP contribution in [0.5, 0.6) is 0 Å². The van der Waals surface area contributed by atoms with Gasteiger partial charge in [-0.25, -0.2) is 4.79 Å². The largest absolute Gasteiger partial charge is 0.469 e. The van der Waals surface area contributed by atoms with Crippen molar-refractivity contribution < 1.29 is 156 Å². The molecule has 10 atom stereocenters. The van der Waals surface area contributed by atoms with E-state index >= 15 is 0 Å². The van der Waals surface area contributed by atoms with E-state index in [0.717, 1.165) is 0 Å². The Bertz CT molecular complexity index is 2300. The van der Waals surface area contributed by atoms with Crippen LogP contribution in [0.1, 0.15) is 97.8 Å². The Morgan fingerprint density at radius 3 is 1.27 bits per heavy atom. The van der Waals surface area contributed by atoms with Gasteiger partial charge in [0.2, 0.25) is 23.6 Å². The molecule has 0 saturated heterocycles. The number of ether oxygens (including phenoxy) is 11. The molecule has 0 fully saturated rings. The maximum absolute atomic E-state index is 13.2. The molecule has 0 aliphatic carbocycles. The highest BCUT2D eigenvalue weighted by Gasteiger charge is 2.33. The second-order valence-corrected chi connectivity index (χ2v) is 23.3. The number of amides is 5. The van der Waals surface area contributed by atoms with Crippen LogP contribution >= 0.6 is 0 Å². The molecule has 574 valence electrons. The summed E-state index contributed by atoms with van der Waals surface area (Å²) in [5.74, 6) is -7.99. The highest BCUT2D eigenvalue weighted by Crippen LogP contribution is 2.16. The zero-order valence-corrected chi connectivity index (χ0v) is 57.2. The summed E-state index contributed by atoms with van der Waals surface area (Å²) in [4.78, 5) is 137. The van der Waals surface area contributed by atoms with Crippen LogP contribution in [-0.2, 0) is 100 Å². The topological polar surface area (TPSA) is 552 Å². The predicted octanol–water partition coefficient (Wildman–Crippen LogP) is -6.11. The van der Waals surface area contributed by atoms with Gasteiger partial charge in [-0.05, 0) is 33.6 Å². The van der Waals surface area contributed by atoms with E-state index in [1.807, 2.05) is 0 Å².